The summed E-state index contributed by atoms with van der Waals surface area (Å²) >= 11 is 0. The summed E-state index contributed by atoms with van der Waals surface area (Å²) < 4.78 is 38.5. The number of anilines is 1. The Kier molecular flexibility index (Phi) is 9.42. The van der Waals surface area contributed by atoms with Crippen LogP contribution in [-0.4, -0.2) is 62.7 Å². The highest BCUT2D eigenvalue weighted by Gasteiger charge is 2.32. The third kappa shape index (κ3) is 7.15. The Bertz CT molecular complexity index is 1200. The average molecular weight is 532 g/mol. The number of amides is 2. The summed E-state index contributed by atoms with van der Waals surface area (Å²) in [4.78, 5) is 28.2. The van der Waals surface area contributed by atoms with Crippen LogP contribution in [0, 0.1) is 6.92 Å². The van der Waals surface area contributed by atoms with Gasteiger partial charge < -0.3 is 19.7 Å². The maximum atomic E-state index is 13.7. The molecule has 202 valence electrons. The van der Waals surface area contributed by atoms with Crippen molar-refractivity contribution in [2.24, 2.45) is 0 Å². The van der Waals surface area contributed by atoms with Crippen LogP contribution in [0.4, 0.5) is 5.69 Å². The molecule has 0 bridgehead atoms. The summed E-state index contributed by atoms with van der Waals surface area (Å²) in [6, 6.07) is 11.6. The second-order valence-corrected chi connectivity index (χ2v) is 11.4. The predicted octanol–water partition coefficient (Wildman–Crippen LogP) is 3.25. The average Bonchev–Trinajstić information content (AvgIpc) is 2.90. The molecule has 0 saturated carbocycles. The van der Waals surface area contributed by atoms with Crippen LogP contribution in [0.15, 0.2) is 42.5 Å². The third-order valence-electron chi connectivity index (χ3n) is 6.44. The van der Waals surface area contributed by atoms with Gasteiger partial charge in [-0.1, -0.05) is 36.8 Å². The number of carbonyl (C=O) groups excluding carboxylic acids is 2. The Morgan fingerprint density at radius 2 is 1.65 bits per heavy atom. The van der Waals surface area contributed by atoms with Gasteiger partial charge in [-0.3, -0.25) is 13.9 Å². The van der Waals surface area contributed by atoms with E-state index in [4.69, 9.17) is 9.47 Å². The molecule has 37 heavy (non-hydrogen) atoms. The number of fused-ring (bicyclic) bond motifs is 1. The molecule has 2 atom stereocenters. The van der Waals surface area contributed by atoms with Crippen molar-refractivity contribution in [3.05, 3.63) is 53.6 Å². The number of benzene rings is 2. The lowest BCUT2D eigenvalue weighted by Gasteiger charge is -2.32. The van der Waals surface area contributed by atoms with Gasteiger partial charge >= 0.3 is 0 Å². The van der Waals surface area contributed by atoms with Crippen LogP contribution in [0.1, 0.15) is 45.2 Å². The first kappa shape index (κ1) is 28.3. The Morgan fingerprint density at radius 3 is 2.27 bits per heavy atom. The zero-order valence-electron chi connectivity index (χ0n) is 22.2. The van der Waals surface area contributed by atoms with Gasteiger partial charge in [0.1, 0.15) is 25.8 Å². The van der Waals surface area contributed by atoms with E-state index in [-0.39, 0.29) is 24.2 Å². The molecule has 1 heterocycles. The van der Waals surface area contributed by atoms with Crippen molar-refractivity contribution in [2.45, 2.75) is 59.7 Å². The number of aryl methyl sites for hydroxylation is 1. The van der Waals surface area contributed by atoms with Gasteiger partial charge in [0.25, 0.3) is 0 Å². The number of nitrogens with one attached hydrogen (secondary N) is 1. The molecule has 2 amide bonds. The van der Waals surface area contributed by atoms with Crippen molar-refractivity contribution in [3.8, 4) is 11.5 Å². The monoisotopic (exact) mass is 531 g/mol. The number of nitrogens with zero attached hydrogens (tertiary/aromatic N) is 2. The van der Waals surface area contributed by atoms with E-state index in [2.05, 4.69) is 5.32 Å². The van der Waals surface area contributed by atoms with E-state index in [0.717, 1.165) is 21.9 Å². The maximum absolute atomic E-state index is 13.7. The molecular weight excluding hydrogens is 494 g/mol. The van der Waals surface area contributed by atoms with Crippen molar-refractivity contribution in [3.63, 3.8) is 0 Å². The zero-order chi connectivity index (χ0) is 27.2. The molecule has 0 unspecified atom stereocenters. The summed E-state index contributed by atoms with van der Waals surface area (Å²) in [5.41, 5.74) is 2.21. The maximum Gasteiger partial charge on any atom is 0.244 e. The van der Waals surface area contributed by atoms with E-state index >= 15 is 0 Å². The second kappa shape index (κ2) is 12.3. The molecule has 0 spiro atoms. The summed E-state index contributed by atoms with van der Waals surface area (Å²) in [5, 5.41) is 2.93. The highest BCUT2D eigenvalue weighted by Crippen LogP contribution is 2.35. The van der Waals surface area contributed by atoms with Gasteiger partial charge in [0.2, 0.25) is 21.8 Å². The molecule has 0 saturated heterocycles. The molecule has 2 aromatic rings. The van der Waals surface area contributed by atoms with Gasteiger partial charge in [0.05, 0.1) is 11.4 Å². The summed E-state index contributed by atoms with van der Waals surface area (Å²) in [7, 11) is -3.83. The summed E-state index contributed by atoms with van der Waals surface area (Å²) in [6.07, 6.45) is 0.747. The van der Waals surface area contributed by atoms with E-state index in [9.17, 15) is 18.0 Å². The van der Waals surface area contributed by atoms with Crippen molar-refractivity contribution in [1.29, 1.82) is 0 Å². The lowest BCUT2D eigenvalue weighted by atomic mass is 10.1. The van der Waals surface area contributed by atoms with Gasteiger partial charge in [0, 0.05) is 18.7 Å². The van der Waals surface area contributed by atoms with Crippen molar-refractivity contribution < 1.29 is 27.5 Å². The molecular formula is C27H37N3O6S. The molecule has 1 aliphatic heterocycles. The van der Waals surface area contributed by atoms with Gasteiger partial charge in [-0.25, -0.2) is 8.42 Å². The standard InChI is InChI=1S/C27H37N3O6S/c1-6-20(4)28-27(32)21(5)29(17-22-10-8-19(3)9-11-22)26(31)18-30(37(33,34)7-2)23-12-13-24-25(16-23)36-15-14-35-24/h8-13,16,20-21H,6-7,14-15,17-18H2,1-5H3,(H,28,32)/t20-,21-/m0/s1. The minimum absolute atomic E-state index is 0.0547. The van der Waals surface area contributed by atoms with Gasteiger partial charge in [0.15, 0.2) is 11.5 Å². The minimum Gasteiger partial charge on any atom is -0.486 e. The predicted molar refractivity (Wildman–Crippen MR) is 143 cm³/mol. The van der Waals surface area contributed by atoms with E-state index in [1.165, 1.54) is 11.8 Å². The largest absolute Gasteiger partial charge is 0.486 e. The zero-order valence-corrected chi connectivity index (χ0v) is 23.0. The molecule has 9 nitrogen and oxygen atoms in total. The fourth-order valence-electron chi connectivity index (χ4n) is 3.85. The van der Waals surface area contributed by atoms with Crippen LogP contribution in [0.25, 0.3) is 0 Å². The normalized spacial score (nSPS) is 14.4. The van der Waals surface area contributed by atoms with Crippen LogP contribution in [0.2, 0.25) is 0 Å². The third-order valence-corrected chi connectivity index (χ3v) is 8.18. The molecule has 3 rings (SSSR count). The van der Waals surface area contributed by atoms with E-state index in [1.54, 1.807) is 25.1 Å². The van der Waals surface area contributed by atoms with Gasteiger partial charge in [-0.2, -0.15) is 0 Å². The lowest BCUT2D eigenvalue weighted by Crippen LogP contribution is -2.52. The van der Waals surface area contributed by atoms with Crippen LogP contribution >= 0.6 is 0 Å². The van der Waals surface area contributed by atoms with Crippen molar-refractivity contribution in [2.75, 3.05) is 29.8 Å². The van der Waals surface area contributed by atoms with Crippen molar-refractivity contribution >= 4 is 27.5 Å². The Balaban J connectivity index is 1.94. The number of hydrogen-bond acceptors (Lipinski definition) is 6. The number of ether oxygens (including phenoxy) is 2. The lowest BCUT2D eigenvalue weighted by molar-refractivity contribution is -0.139. The molecule has 10 heteroatoms. The SMILES string of the molecule is CC[C@H](C)NC(=O)[C@H](C)N(Cc1ccc(C)cc1)C(=O)CN(c1ccc2c(c1)OCCO2)S(=O)(=O)CC. The number of hydrogen-bond donors (Lipinski definition) is 1. The van der Waals surface area contributed by atoms with Gasteiger partial charge in [-0.05, 0) is 51.8 Å². The van der Waals surface area contributed by atoms with Crippen LogP contribution in [-0.2, 0) is 26.2 Å². The number of rotatable bonds is 11. The van der Waals surface area contributed by atoms with Gasteiger partial charge in [-0.15, -0.1) is 0 Å². The molecule has 0 radical (unpaired) electrons. The summed E-state index contributed by atoms with van der Waals surface area (Å²) in [5.74, 6) is -0.0355. The molecule has 1 N–H and O–H groups in total. The Morgan fingerprint density at radius 1 is 1.00 bits per heavy atom. The highest BCUT2D eigenvalue weighted by atomic mass is 32.2. The first-order valence-corrected chi connectivity index (χ1v) is 14.2. The van der Waals surface area contributed by atoms with E-state index < -0.39 is 28.5 Å². The molecule has 0 aliphatic carbocycles. The molecule has 1 aliphatic rings. The Hall–Kier alpha value is -3.27. The van der Waals surface area contributed by atoms with E-state index in [1.807, 2.05) is 45.0 Å². The quantitative estimate of drug-likeness (QED) is 0.477. The van der Waals surface area contributed by atoms with E-state index in [0.29, 0.717) is 30.4 Å². The second-order valence-electron chi connectivity index (χ2n) is 9.24. The topological polar surface area (TPSA) is 105 Å². The Labute approximate surface area is 219 Å². The minimum atomic E-state index is -3.83. The molecule has 0 fully saturated rings. The highest BCUT2D eigenvalue weighted by molar-refractivity contribution is 7.92. The molecule has 2 aromatic carbocycles. The van der Waals surface area contributed by atoms with Crippen LogP contribution in [0.3, 0.4) is 0 Å². The summed E-state index contributed by atoms with van der Waals surface area (Å²) in [6.45, 7) is 9.48. The number of sulfonamides is 1. The first-order chi connectivity index (χ1) is 17.6. The fraction of sp³-hybridized carbons (Fsp3) is 0.481. The fourth-order valence-corrected chi connectivity index (χ4v) is 4.90. The van der Waals surface area contributed by atoms with Crippen LogP contribution < -0.4 is 19.1 Å². The molecule has 0 aromatic heterocycles. The van der Waals surface area contributed by atoms with Crippen molar-refractivity contribution in [1.82, 2.24) is 10.2 Å². The van der Waals surface area contributed by atoms with Crippen LogP contribution in [0.5, 0.6) is 11.5 Å². The number of carbonyl (C=O) groups is 2. The smallest absolute Gasteiger partial charge is 0.244 e. The first-order valence-electron chi connectivity index (χ1n) is 12.6.